The molecule has 2 saturated heterocycles. The van der Waals surface area contributed by atoms with Gasteiger partial charge in [-0.05, 0) is 43.4 Å². The minimum atomic E-state index is -3.38. The minimum absolute atomic E-state index is 0.0926. The van der Waals surface area contributed by atoms with Crippen LogP contribution in [0.1, 0.15) is 37.3 Å². The van der Waals surface area contributed by atoms with Gasteiger partial charge in [-0.15, -0.1) is 0 Å². The van der Waals surface area contributed by atoms with Gasteiger partial charge in [-0.25, -0.2) is 14.4 Å². The maximum atomic E-state index is 13.8. The van der Waals surface area contributed by atoms with Gasteiger partial charge in [0.05, 0.1) is 5.69 Å². The molecule has 162 valence electrons. The number of hydrogen-bond acceptors (Lipinski definition) is 5. The Hall–Kier alpha value is -2.10. The van der Waals surface area contributed by atoms with Crippen LogP contribution in [0.4, 0.5) is 10.3 Å². The lowest BCUT2D eigenvalue weighted by atomic mass is 9.89. The van der Waals surface area contributed by atoms with Crippen molar-refractivity contribution in [3.05, 3.63) is 42.0 Å². The zero-order valence-electron chi connectivity index (χ0n) is 17.5. The Morgan fingerprint density at radius 3 is 2.37 bits per heavy atom. The number of piperidine rings is 1. The van der Waals surface area contributed by atoms with Gasteiger partial charge in [-0.1, -0.05) is 12.1 Å². The normalized spacial score (nSPS) is 19.3. The van der Waals surface area contributed by atoms with Crippen molar-refractivity contribution in [1.29, 1.82) is 0 Å². The summed E-state index contributed by atoms with van der Waals surface area (Å²) in [5, 5.41) is 0. The van der Waals surface area contributed by atoms with Crippen molar-refractivity contribution in [1.82, 2.24) is 18.6 Å². The summed E-state index contributed by atoms with van der Waals surface area (Å²) in [6, 6.07) is 6.44. The molecule has 2 fully saturated rings. The number of benzene rings is 1. The molecule has 2 aliphatic heterocycles. The van der Waals surface area contributed by atoms with E-state index >= 15 is 0 Å². The standard InChI is InChI=1S/C21H28FN5O2S/c1-25(2)21-23-15-19(17-6-5-7-18(22)14-17)20(24-21)16-8-12-27(13-9-16)30(28,29)26-10-3-4-11-26/h5-7,14-16H,3-4,8-13H2,1-2H3. The van der Waals surface area contributed by atoms with Gasteiger partial charge in [0, 0.05) is 58.0 Å². The smallest absolute Gasteiger partial charge is 0.281 e. The molecule has 1 aromatic carbocycles. The number of aromatic nitrogens is 2. The van der Waals surface area contributed by atoms with Crippen molar-refractivity contribution in [2.45, 2.75) is 31.6 Å². The van der Waals surface area contributed by atoms with Crippen LogP contribution < -0.4 is 4.90 Å². The van der Waals surface area contributed by atoms with Crippen LogP contribution in [0.15, 0.2) is 30.5 Å². The Labute approximate surface area is 177 Å². The SMILES string of the molecule is CN(C)c1ncc(-c2cccc(F)c2)c(C2CCN(S(=O)(=O)N3CCCC3)CC2)n1. The van der Waals surface area contributed by atoms with Gasteiger partial charge in [-0.2, -0.15) is 17.0 Å². The Balaban J connectivity index is 1.60. The Kier molecular flexibility index (Phi) is 6.04. The fraction of sp³-hybridized carbons (Fsp3) is 0.524. The molecule has 0 saturated carbocycles. The van der Waals surface area contributed by atoms with Gasteiger partial charge in [0.2, 0.25) is 5.95 Å². The molecule has 0 spiro atoms. The summed E-state index contributed by atoms with van der Waals surface area (Å²) in [6.07, 6.45) is 4.97. The lowest BCUT2D eigenvalue weighted by molar-refractivity contribution is 0.294. The summed E-state index contributed by atoms with van der Waals surface area (Å²) in [5.74, 6) is 0.383. The van der Waals surface area contributed by atoms with Gasteiger partial charge in [-0.3, -0.25) is 0 Å². The van der Waals surface area contributed by atoms with Crippen molar-refractivity contribution < 1.29 is 12.8 Å². The number of rotatable bonds is 5. The molecular weight excluding hydrogens is 405 g/mol. The molecule has 0 amide bonds. The van der Waals surface area contributed by atoms with Gasteiger partial charge >= 0.3 is 0 Å². The van der Waals surface area contributed by atoms with E-state index in [2.05, 4.69) is 4.98 Å². The van der Waals surface area contributed by atoms with E-state index in [9.17, 15) is 12.8 Å². The molecule has 0 bridgehead atoms. The number of halogens is 1. The van der Waals surface area contributed by atoms with Gasteiger partial charge in [0.25, 0.3) is 10.2 Å². The molecular formula is C21H28FN5O2S. The highest BCUT2D eigenvalue weighted by Crippen LogP contribution is 2.36. The second-order valence-electron chi connectivity index (χ2n) is 8.16. The summed E-state index contributed by atoms with van der Waals surface area (Å²) < 4.78 is 42.8. The first-order valence-corrected chi connectivity index (χ1v) is 11.8. The summed E-state index contributed by atoms with van der Waals surface area (Å²) >= 11 is 0. The van der Waals surface area contributed by atoms with E-state index in [1.54, 1.807) is 20.9 Å². The lowest BCUT2D eigenvalue weighted by Crippen LogP contribution is -2.46. The highest BCUT2D eigenvalue weighted by Gasteiger charge is 2.35. The molecule has 30 heavy (non-hydrogen) atoms. The van der Waals surface area contributed by atoms with Crippen LogP contribution in [0.25, 0.3) is 11.1 Å². The Morgan fingerprint density at radius 2 is 1.73 bits per heavy atom. The fourth-order valence-electron chi connectivity index (χ4n) is 4.23. The molecule has 0 aliphatic carbocycles. The molecule has 2 aromatic rings. The third-order valence-electron chi connectivity index (χ3n) is 5.90. The second-order valence-corrected chi connectivity index (χ2v) is 10.1. The molecule has 0 N–H and O–H groups in total. The van der Waals surface area contributed by atoms with Crippen molar-refractivity contribution in [2.24, 2.45) is 0 Å². The average molecular weight is 434 g/mol. The first kappa shape index (κ1) is 21.1. The molecule has 1 aromatic heterocycles. The van der Waals surface area contributed by atoms with Gasteiger partial charge in [0.1, 0.15) is 5.82 Å². The van der Waals surface area contributed by atoms with E-state index < -0.39 is 10.2 Å². The van der Waals surface area contributed by atoms with Crippen LogP contribution in [0.5, 0.6) is 0 Å². The van der Waals surface area contributed by atoms with Crippen LogP contribution in [-0.4, -0.2) is 67.3 Å². The monoisotopic (exact) mass is 433 g/mol. The number of anilines is 1. The van der Waals surface area contributed by atoms with Gasteiger partial charge < -0.3 is 4.90 Å². The second kappa shape index (κ2) is 8.56. The van der Waals surface area contributed by atoms with E-state index in [4.69, 9.17) is 4.98 Å². The number of nitrogens with zero attached hydrogens (tertiary/aromatic N) is 5. The summed E-state index contributed by atoms with van der Waals surface area (Å²) in [7, 11) is 0.382. The average Bonchev–Trinajstić information content (AvgIpc) is 3.29. The molecule has 4 rings (SSSR count). The lowest BCUT2D eigenvalue weighted by Gasteiger charge is -2.34. The van der Waals surface area contributed by atoms with Crippen LogP contribution >= 0.6 is 0 Å². The maximum absolute atomic E-state index is 13.8. The zero-order chi connectivity index (χ0) is 21.3. The van der Waals surface area contributed by atoms with E-state index in [1.165, 1.54) is 12.1 Å². The summed E-state index contributed by atoms with van der Waals surface area (Å²) in [6.45, 7) is 2.16. The third-order valence-corrected chi connectivity index (χ3v) is 7.93. The zero-order valence-corrected chi connectivity index (χ0v) is 18.3. The van der Waals surface area contributed by atoms with Crippen LogP contribution in [0, 0.1) is 5.82 Å². The highest BCUT2D eigenvalue weighted by molar-refractivity contribution is 7.86. The third kappa shape index (κ3) is 4.19. The quantitative estimate of drug-likeness (QED) is 0.725. The summed E-state index contributed by atoms with van der Waals surface area (Å²) in [4.78, 5) is 11.0. The molecule has 9 heteroatoms. The van der Waals surface area contributed by atoms with Crippen molar-refractivity contribution in [3.8, 4) is 11.1 Å². The predicted octanol–water partition coefficient (Wildman–Crippen LogP) is 2.87. The molecule has 0 radical (unpaired) electrons. The van der Waals surface area contributed by atoms with Crippen LogP contribution in [-0.2, 0) is 10.2 Å². The Bertz CT molecular complexity index is 1000. The largest absolute Gasteiger partial charge is 0.347 e. The van der Waals surface area contributed by atoms with E-state index in [1.807, 2.05) is 25.1 Å². The van der Waals surface area contributed by atoms with E-state index in [0.717, 1.165) is 29.7 Å². The molecule has 7 nitrogen and oxygen atoms in total. The first-order valence-electron chi connectivity index (χ1n) is 10.4. The van der Waals surface area contributed by atoms with E-state index in [-0.39, 0.29) is 11.7 Å². The van der Waals surface area contributed by atoms with Crippen molar-refractivity contribution in [3.63, 3.8) is 0 Å². The first-order chi connectivity index (χ1) is 14.4. The fourth-order valence-corrected chi connectivity index (χ4v) is 5.95. The number of hydrogen-bond donors (Lipinski definition) is 0. The summed E-state index contributed by atoms with van der Waals surface area (Å²) in [5.41, 5.74) is 2.40. The highest BCUT2D eigenvalue weighted by atomic mass is 32.2. The van der Waals surface area contributed by atoms with Crippen LogP contribution in [0.3, 0.4) is 0 Å². The predicted molar refractivity (Wildman–Crippen MR) is 115 cm³/mol. The maximum Gasteiger partial charge on any atom is 0.281 e. The molecule has 0 atom stereocenters. The minimum Gasteiger partial charge on any atom is -0.347 e. The van der Waals surface area contributed by atoms with E-state index in [0.29, 0.717) is 45.0 Å². The van der Waals surface area contributed by atoms with Crippen molar-refractivity contribution in [2.75, 3.05) is 45.2 Å². The molecule has 3 heterocycles. The van der Waals surface area contributed by atoms with Crippen LogP contribution in [0.2, 0.25) is 0 Å². The molecule has 0 unspecified atom stereocenters. The van der Waals surface area contributed by atoms with Crippen molar-refractivity contribution >= 4 is 16.2 Å². The topological polar surface area (TPSA) is 69.6 Å². The Morgan fingerprint density at radius 1 is 1.07 bits per heavy atom. The molecule has 2 aliphatic rings. The van der Waals surface area contributed by atoms with Gasteiger partial charge in [0.15, 0.2) is 0 Å².